The van der Waals surface area contributed by atoms with Crippen molar-refractivity contribution in [2.45, 2.75) is 10.7 Å². The Hall–Kier alpha value is -1.35. The second-order valence-corrected chi connectivity index (χ2v) is 5.98. The van der Waals surface area contributed by atoms with Gasteiger partial charge in [-0.15, -0.1) is 0 Å². The second-order valence-electron chi connectivity index (χ2n) is 4.00. The van der Waals surface area contributed by atoms with E-state index in [4.69, 9.17) is 34.8 Å². The van der Waals surface area contributed by atoms with Crippen LogP contribution in [0.3, 0.4) is 0 Å². The highest BCUT2D eigenvalue weighted by Gasteiger charge is 2.12. The molecule has 0 aliphatic carbocycles. The SMILES string of the molecule is ClC(Cl)Cl.O=C(CC(=O)c1ccccc1)c1ccccc1. The summed E-state index contributed by atoms with van der Waals surface area (Å²) in [6, 6.07) is 17.7. The number of carbonyl (C=O) groups excluding carboxylic acids is 2. The first-order valence-corrected chi connectivity index (χ1v) is 7.40. The molecule has 0 saturated heterocycles. The number of halogens is 3. The molecule has 0 heterocycles. The molecule has 0 bridgehead atoms. The summed E-state index contributed by atoms with van der Waals surface area (Å²) < 4.78 is -0.750. The van der Waals surface area contributed by atoms with Crippen molar-refractivity contribution in [3.8, 4) is 0 Å². The lowest BCUT2D eigenvalue weighted by molar-refractivity contribution is 0.0894. The molecule has 0 saturated carbocycles. The Labute approximate surface area is 138 Å². The quantitative estimate of drug-likeness (QED) is 0.438. The van der Waals surface area contributed by atoms with Gasteiger partial charge in [0.05, 0.1) is 6.42 Å². The molecule has 0 aromatic heterocycles. The molecule has 21 heavy (non-hydrogen) atoms. The van der Waals surface area contributed by atoms with Crippen molar-refractivity contribution >= 4 is 46.4 Å². The fraction of sp³-hybridized carbons (Fsp3) is 0.125. The zero-order chi connectivity index (χ0) is 15.7. The lowest BCUT2D eigenvalue weighted by atomic mass is 10.0. The van der Waals surface area contributed by atoms with E-state index in [2.05, 4.69) is 0 Å². The minimum absolute atomic E-state index is 0.0754. The summed E-state index contributed by atoms with van der Waals surface area (Å²) in [5.74, 6) is -0.279. The molecule has 0 spiro atoms. The predicted molar refractivity (Wildman–Crippen MR) is 87.5 cm³/mol. The zero-order valence-corrected chi connectivity index (χ0v) is 13.3. The first-order valence-electron chi connectivity index (χ1n) is 6.09. The fourth-order valence-electron chi connectivity index (χ4n) is 1.60. The van der Waals surface area contributed by atoms with E-state index in [1.807, 2.05) is 12.1 Å². The topological polar surface area (TPSA) is 34.1 Å². The molecule has 110 valence electrons. The molecular formula is C16H13Cl3O2. The lowest BCUT2D eigenvalue weighted by Gasteiger charge is -2.00. The number of rotatable bonds is 4. The van der Waals surface area contributed by atoms with Crippen LogP contribution in [0.15, 0.2) is 60.7 Å². The summed E-state index contributed by atoms with van der Waals surface area (Å²) in [6.45, 7) is 0. The third-order valence-corrected chi connectivity index (χ3v) is 2.51. The van der Waals surface area contributed by atoms with Gasteiger partial charge in [-0.2, -0.15) is 0 Å². The Bertz CT molecular complexity index is 516. The molecule has 0 aliphatic rings. The van der Waals surface area contributed by atoms with Gasteiger partial charge < -0.3 is 0 Å². The van der Waals surface area contributed by atoms with E-state index in [0.29, 0.717) is 11.1 Å². The summed E-state index contributed by atoms with van der Waals surface area (Å²) in [4.78, 5) is 23.6. The molecule has 2 aromatic carbocycles. The number of hydrogen-bond donors (Lipinski definition) is 0. The van der Waals surface area contributed by atoms with Crippen molar-refractivity contribution in [3.63, 3.8) is 0 Å². The molecule has 5 heteroatoms. The Balaban J connectivity index is 0.000000491. The minimum atomic E-state index is -0.750. The summed E-state index contributed by atoms with van der Waals surface area (Å²) in [7, 11) is 0. The van der Waals surface area contributed by atoms with Crippen LogP contribution < -0.4 is 0 Å². The molecule has 0 amide bonds. The van der Waals surface area contributed by atoms with Crippen molar-refractivity contribution in [3.05, 3.63) is 71.8 Å². The fourth-order valence-corrected chi connectivity index (χ4v) is 1.60. The van der Waals surface area contributed by atoms with Crippen molar-refractivity contribution in [1.29, 1.82) is 0 Å². The van der Waals surface area contributed by atoms with Gasteiger partial charge in [0.1, 0.15) is 0 Å². The van der Waals surface area contributed by atoms with Crippen LogP contribution in [0.5, 0.6) is 0 Å². The van der Waals surface area contributed by atoms with Gasteiger partial charge in [-0.25, -0.2) is 0 Å². The molecule has 2 aromatic rings. The molecule has 2 rings (SSSR count). The van der Waals surface area contributed by atoms with E-state index in [1.54, 1.807) is 48.5 Å². The van der Waals surface area contributed by atoms with Crippen LogP contribution in [0.1, 0.15) is 27.1 Å². The Kier molecular flexibility index (Phi) is 8.06. The average Bonchev–Trinajstić information content (AvgIpc) is 2.48. The van der Waals surface area contributed by atoms with Gasteiger partial charge in [-0.05, 0) is 0 Å². The maximum Gasteiger partial charge on any atom is 0.180 e. The number of ketones is 2. The van der Waals surface area contributed by atoms with Gasteiger partial charge >= 0.3 is 0 Å². The van der Waals surface area contributed by atoms with Crippen LogP contribution in [-0.4, -0.2) is 15.9 Å². The number of carbonyl (C=O) groups is 2. The number of Topliss-reactive ketones (excluding diaryl/α,β-unsaturated/α-hetero) is 2. The monoisotopic (exact) mass is 342 g/mol. The molecule has 0 atom stereocenters. The van der Waals surface area contributed by atoms with Gasteiger partial charge in [0, 0.05) is 11.1 Å². The highest BCUT2D eigenvalue weighted by molar-refractivity contribution is 6.63. The third kappa shape index (κ3) is 7.28. The van der Waals surface area contributed by atoms with Crippen LogP contribution in [-0.2, 0) is 0 Å². The second kappa shape index (κ2) is 9.56. The van der Waals surface area contributed by atoms with Crippen LogP contribution in [0.4, 0.5) is 0 Å². The number of hydrogen-bond acceptors (Lipinski definition) is 2. The Morgan fingerprint density at radius 2 is 1.00 bits per heavy atom. The van der Waals surface area contributed by atoms with Crippen LogP contribution >= 0.6 is 34.8 Å². The molecule has 0 unspecified atom stereocenters. The summed E-state index contributed by atoms with van der Waals surface area (Å²) >= 11 is 14.4. The highest BCUT2D eigenvalue weighted by Crippen LogP contribution is 2.08. The Morgan fingerprint density at radius 3 is 1.29 bits per heavy atom. The molecule has 0 radical (unpaired) electrons. The molecule has 0 fully saturated rings. The number of benzene rings is 2. The van der Waals surface area contributed by atoms with E-state index >= 15 is 0 Å². The molecule has 0 aliphatic heterocycles. The predicted octanol–water partition coefficient (Wildman–Crippen LogP) is 5.13. The van der Waals surface area contributed by atoms with Crippen LogP contribution in [0.25, 0.3) is 0 Å². The smallest absolute Gasteiger partial charge is 0.180 e. The van der Waals surface area contributed by atoms with E-state index in [9.17, 15) is 9.59 Å². The minimum Gasteiger partial charge on any atom is -0.294 e. The summed E-state index contributed by atoms with van der Waals surface area (Å²) in [5, 5.41) is 0. The van der Waals surface area contributed by atoms with Gasteiger partial charge in [-0.3, -0.25) is 9.59 Å². The highest BCUT2D eigenvalue weighted by atomic mass is 35.6. The van der Waals surface area contributed by atoms with Crippen LogP contribution in [0, 0.1) is 0 Å². The first kappa shape index (κ1) is 17.7. The molecule has 0 N–H and O–H groups in total. The average molecular weight is 344 g/mol. The number of alkyl halides is 3. The van der Waals surface area contributed by atoms with Gasteiger partial charge in [-0.1, -0.05) is 95.5 Å². The standard InChI is InChI=1S/C15H12O2.CHCl3/c16-14(12-7-3-1-4-8-12)11-15(17)13-9-5-2-6-10-13;2-1(3)4/h1-10H,11H2;1H. The van der Waals surface area contributed by atoms with E-state index in [0.717, 1.165) is 0 Å². The lowest BCUT2D eigenvalue weighted by Crippen LogP contribution is -2.08. The van der Waals surface area contributed by atoms with Crippen molar-refractivity contribution < 1.29 is 9.59 Å². The maximum atomic E-state index is 11.8. The summed E-state index contributed by atoms with van der Waals surface area (Å²) in [5.41, 5.74) is 1.16. The maximum absolute atomic E-state index is 11.8. The van der Waals surface area contributed by atoms with Crippen LogP contribution in [0.2, 0.25) is 0 Å². The van der Waals surface area contributed by atoms with E-state index in [1.165, 1.54) is 0 Å². The normalized spacial score (nSPS) is 9.71. The Morgan fingerprint density at radius 1 is 0.714 bits per heavy atom. The van der Waals surface area contributed by atoms with Gasteiger partial charge in [0.15, 0.2) is 15.9 Å². The van der Waals surface area contributed by atoms with Gasteiger partial charge in [0.2, 0.25) is 0 Å². The van der Waals surface area contributed by atoms with Crippen molar-refractivity contribution in [2.75, 3.05) is 0 Å². The molecule has 2 nitrogen and oxygen atoms in total. The van der Waals surface area contributed by atoms with E-state index in [-0.39, 0.29) is 18.0 Å². The van der Waals surface area contributed by atoms with Gasteiger partial charge in [0.25, 0.3) is 0 Å². The van der Waals surface area contributed by atoms with Crippen molar-refractivity contribution in [2.24, 2.45) is 0 Å². The van der Waals surface area contributed by atoms with E-state index < -0.39 is 4.30 Å². The van der Waals surface area contributed by atoms with Crippen molar-refractivity contribution in [1.82, 2.24) is 0 Å². The third-order valence-electron chi connectivity index (χ3n) is 2.51. The zero-order valence-electron chi connectivity index (χ0n) is 11.0. The largest absolute Gasteiger partial charge is 0.294 e. The summed E-state index contributed by atoms with van der Waals surface area (Å²) in [6.07, 6.45) is -0.0754. The molecular weight excluding hydrogens is 331 g/mol. The first-order chi connectivity index (χ1) is 10.0.